The Morgan fingerprint density at radius 2 is 2.00 bits per heavy atom. The lowest BCUT2D eigenvalue weighted by Gasteiger charge is -2.06. The molecule has 2 heterocycles. The SMILES string of the molecule is Cc1ccc(N=C(NO)c2ccnc3nc[nH]c23)cc1. The van der Waals surface area contributed by atoms with Crippen LogP contribution in [0.3, 0.4) is 0 Å². The Labute approximate surface area is 115 Å². The number of nitrogens with one attached hydrogen (secondary N) is 2. The lowest BCUT2D eigenvalue weighted by atomic mass is 10.2. The number of imidazole rings is 1. The monoisotopic (exact) mass is 267 g/mol. The highest BCUT2D eigenvalue weighted by Crippen LogP contribution is 2.17. The van der Waals surface area contributed by atoms with Gasteiger partial charge in [0.25, 0.3) is 0 Å². The maximum atomic E-state index is 9.36. The van der Waals surface area contributed by atoms with Gasteiger partial charge in [0.05, 0.1) is 17.5 Å². The summed E-state index contributed by atoms with van der Waals surface area (Å²) in [5, 5.41) is 9.36. The summed E-state index contributed by atoms with van der Waals surface area (Å²) < 4.78 is 0. The number of aromatic nitrogens is 3. The van der Waals surface area contributed by atoms with Crippen LogP contribution in [0.5, 0.6) is 0 Å². The summed E-state index contributed by atoms with van der Waals surface area (Å²) in [5.74, 6) is 0.338. The smallest absolute Gasteiger partial charge is 0.178 e. The Balaban J connectivity index is 2.09. The lowest BCUT2D eigenvalue weighted by molar-refractivity contribution is 0.235. The number of H-pyrrole nitrogens is 1. The summed E-state index contributed by atoms with van der Waals surface area (Å²) in [6.45, 7) is 2.01. The highest BCUT2D eigenvalue weighted by molar-refractivity contribution is 6.07. The standard InChI is InChI=1S/C14H13N5O/c1-9-2-4-10(5-3-9)18-13(19-20)11-6-7-15-14-12(11)16-8-17-14/h2-8,20H,1H3,(H,18,19)(H,15,16,17). The van der Waals surface area contributed by atoms with Crippen molar-refractivity contribution in [2.24, 2.45) is 4.99 Å². The van der Waals surface area contributed by atoms with Gasteiger partial charge >= 0.3 is 0 Å². The molecular formula is C14H13N5O. The minimum absolute atomic E-state index is 0.338. The van der Waals surface area contributed by atoms with Gasteiger partial charge in [0.1, 0.15) is 0 Å². The number of hydroxylamine groups is 1. The first kappa shape index (κ1) is 12.3. The average Bonchev–Trinajstić information content (AvgIpc) is 2.95. The molecule has 0 bridgehead atoms. The lowest BCUT2D eigenvalue weighted by Crippen LogP contribution is -2.20. The van der Waals surface area contributed by atoms with Crippen LogP contribution in [0, 0.1) is 6.92 Å². The molecule has 0 aliphatic rings. The van der Waals surface area contributed by atoms with Gasteiger partial charge < -0.3 is 4.98 Å². The van der Waals surface area contributed by atoms with Crippen molar-refractivity contribution in [3.63, 3.8) is 0 Å². The predicted molar refractivity (Wildman–Crippen MR) is 76.2 cm³/mol. The van der Waals surface area contributed by atoms with Crippen LogP contribution >= 0.6 is 0 Å². The third kappa shape index (κ3) is 2.24. The summed E-state index contributed by atoms with van der Waals surface area (Å²) in [7, 11) is 0. The van der Waals surface area contributed by atoms with Crippen molar-refractivity contribution < 1.29 is 5.21 Å². The molecule has 0 fully saturated rings. The summed E-state index contributed by atoms with van der Waals surface area (Å²) in [5.41, 5.74) is 6.04. The number of nitrogens with zero attached hydrogens (tertiary/aromatic N) is 3. The molecule has 3 N–H and O–H groups in total. The topological polar surface area (TPSA) is 86.2 Å². The van der Waals surface area contributed by atoms with Gasteiger partial charge in [0.15, 0.2) is 11.5 Å². The molecule has 1 aromatic carbocycles. The minimum Gasteiger partial charge on any atom is -0.343 e. The molecule has 0 radical (unpaired) electrons. The molecule has 0 aliphatic heterocycles. The first-order valence-corrected chi connectivity index (χ1v) is 6.12. The van der Waals surface area contributed by atoms with Crippen molar-refractivity contribution in [2.75, 3.05) is 0 Å². The number of aryl methyl sites for hydroxylation is 1. The Hall–Kier alpha value is -2.73. The Morgan fingerprint density at radius 1 is 1.20 bits per heavy atom. The molecule has 0 saturated carbocycles. The first-order valence-electron chi connectivity index (χ1n) is 6.12. The van der Waals surface area contributed by atoms with E-state index >= 15 is 0 Å². The zero-order chi connectivity index (χ0) is 13.9. The molecule has 2 aromatic heterocycles. The summed E-state index contributed by atoms with van der Waals surface area (Å²) in [4.78, 5) is 15.6. The highest BCUT2D eigenvalue weighted by atomic mass is 16.5. The quantitative estimate of drug-likeness (QED) is 0.378. The van der Waals surface area contributed by atoms with Gasteiger partial charge in [-0.25, -0.2) is 15.0 Å². The minimum atomic E-state index is 0.338. The van der Waals surface area contributed by atoms with Crippen LogP contribution < -0.4 is 5.48 Å². The molecule has 20 heavy (non-hydrogen) atoms. The Morgan fingerprint density at radius 3 is 2.75 bits per heavy atom. The van der Waals surface area contributed by atoms with Crippen LogP contribution in [0.2, 0.25) is 0 Å². The molecule has 3 rings (SSSR count). The van der Waals surface area contributed by atoms with Crippen molar-refractivity contribution >= 4 is 22.7 Å². The Bertz CT molecular complexity index is 761. The number of hydrogen-bond donors (Lipinski definition) is 3. The molecule has 0 saturated heterocycles. The predicted octanol–water partition coefficient (Wildman–Crippen LogP) is 2.32. The van der Waals surface area contributed by atoms with Crippen LogP contribution in [0.15, 0.2) is 47.8 Å². The number of aliphatic imine (C=N–C) groups is 1. The second kappa shape index (κ2) is 5.10. The van der Waals surface area contributed by atoms with E-state index in [1.165, 1.54) is 0 Å². The Kier molecular flexibility index (Phi) is 3.14. The maximum absolute atomic E-state index is 9.36. The zero-order valence-corrected chi connectivity index (χ0v) is 10.8. The fourth-order valence-electron chi connectivity index (χ4n) is 1.94. The molecule has 0 spiro atoms. The molecule has 0 atom stereocenters. The van der Waals surface area contributed by atoms with E-state index in [2.05, 4.69) is 25.4 Å². The summed E-state index contributed by atoms with van der Waals surface area (Å²) in [6.07, 6.45) is 3.18. The molecule has 6 nitrogen and oxygen atoms in total. The van der Waals surface area contributed by atoms with Crippen LogP contribution in [0.1, 0.15) is 11.1 Å². The number of benzene rings is 1. The summed E-state index contributed by atoms with van der Waals surface area (Å²) >= 11 is 0. The molecule has 0 amide bonds. The van der Waals surface area contributed by atoms with Crippen LogP contribution in [0.4, 0.5) is 5.69 Å². The maximum Gasteiger partial charge on any atom is 0.178 e. The van der Waals surface area contributed by atoms with E-state index in [1.54, 1.807) is 18.6 Å². The van der Waals surface area contributed by atoms with Crippen molar-refractivity contribution in [1.29, 1.82) is 0 Å². The van der Waals surface area contributed by atoms with Gasteiger partial charge in [0, 0.05) is 11.8 Å². The van der Waals surface area contributed by atoms with Gasteiger partial charge in [-0.15, -0.1) is 0 Å². The van der Waals surface area contributed by atoms with Gasteiger partial charge in [0.2, 0.25) is 0 Å². The van der Waals surface area contributed by atoms with E-state index in [9.17, 15) is 5.21 Å². The van der Waals surface area contributed by atoms with Gasteiger partial charge in [-0.2, -0.15) is 0 Å². The van der Waals surface area contributed by atoms with E-state index in [1.807, 2.05) is 31.2 Å². The normalized spacial score (nSPS) is 11.8. The number of pyridine rings is 1. The largest absolute Gasteiger partial charge is 0.343 e. The van der Waals surface area contributed by atoms with E-state index in [0.29, 0.717) is 17.0 Å². The number of rotatable bonds is 2. The third-order valence-corrected chi connectivity index (χ3v) is 2.96. The fraction of sp³-hybridized carbons (Fsp3) is 0.0714. The zero-order valence-electron chi connectivity index (χ0n) is 10.8. The van der Waals surface area contributed by atoms with Crippen molar-refractivity contribution in [3.05, 3.63) is 54.0 Å². The molecular weight excluding hydrogens is 254 g/mol. The van der Waals surface area contributed by atoms with Gasteiger partial charge in [-0.1, -0.05) is 17.7 Å². The van der Waals surface area contributed by atoms with Gasteiger partial charge in [-0.05, 0) is 25.1 Å². The molecule has 0 aliphatic carbocycles. The number of fused-ring (bicyclic) bond motifs is 1. The number of aromatic amines is 1. The fourth-order valence-corrected chi connectivity index (χ4v) is 1.94. The molecule has 0 unspecified atom stereocenters. The second-order valence-corrected chi connectivity index (χ2v) is 4.37. The van der Waals surface area contributed by atoms with Crippen molar-refractivity contribution in [1.82, 2.24) is 20.4 Å². The van der Waals surface area contributed by atoms with Crippen LogP contribution in [-0.2, 0) is 0 Å². The number of hydrogen-bond acceptors (Lipinski definition) is 4. The van der Waals surface area contributed by atoms with Crippen molar-refractivity contribution in [3.8, 4) is 0 Å². The highest BCUT2D eigenvalue weighted by Gasteiger charge is 2.10. The van der Waals surface area contributed by atoms with E-state index < -0.39 is 0 Å². The van der Waals surface area contributed by atoms with Gasteiger partial charge in [-0.3, -0.25) is 10.7 Å². The van der Waals surface area contributed by atoms with Crippen LogP contribution in [-0.4, -0.2) is 26.0 Å². The average molecular weight is 267 g/mol. The molecule has 3 aromatic rings. The van der Waals surface area contributed by atoms with Crippen LogP contribution in [0.25, 0.3) is 11.2 Å². The third-order valence-electron chi connectivity index (χ3n) is 2.96. The number of amidine groups is 1. The second-order valence-electron chi connectivity index (χ2n) is 4.37. The molecule has 6 heteroatoms. The molecule has 100 valence electrons. The summed E-state index contributed by atoms with van der Waals surface area (Å²) in [6, 6.07) is 9.46. The van der Waals surface area contributed by atoms with E-state index in [0.717, 1.165) is 16.8 Å². The van der Waals surface area contributed by atoms with E-state index in [-0.39, 0.29) is 0 Å². The van der Waals surface area contributed by atoms with E-state index in [4.69, 9.17) is 0 Å². The van der Waals surface area contributed by atoms with Crippen molar-refractivity contribution in [2.45, 2.75) is 6.92 Å². The first-order chi connectivity index (χ1) is 9.78.